The first-order valence-corrected chi connectivity index (χ1v) is 7.71. The summed E-state index contributed by atoms with van der Waals surface area (Å²) in [6.45, 7) is 0. The molecular formula is C15H15Cl2NO3. The topological polar surface area (TPSA) is 57.6 Å². The number of anilines is 1. The fourth-order valence-electron chi connectivity index (χ4n) is 3.45. The van der Waals surface area contributed by atoms with E-state index in [1.165, 1.54) is 12.1 Å². The van der Waals surface area contributed by atoms with Gasteiger partial charge < -0.3 is 5.11 Å². The van der Waals surface area contributed by atoms with Gasteiger partial charge in [0.1, 0.15) is 0 Å². The van der Waals surface area contributed by atoms with E-state index in [4.69, 9.17) is 23.2 Å². The van der Waals surface area contributed by atoms with Crippen molar-refractivity contribution in [1.29, 1.82) is 0 Å². The third-order valence-corrected chi connectivity index (χ3v) is 5.05. The van der Waals surface area contributed by atoms with Gasteiger partial charge in [-0.1, -0.05) is 36.0 Å². The normalized spacial score (nSPS) is 21.3. The van der Waals surface area contributed by atoms with E-state index in [0.717, 1.165) is 30.6 Å². The predicted molar refractivity (Wildman–Crippen MR) is 80.8 cm³/mol. The summed E-state index contributed by atoms with van der Waals surface area (Å²) in [7, 11) is 0. The van der Waals surface area contributed by atoms with E-state index in [2.05, 4.69) is 0 Å². The lowest BCUT2D eigenvalue weighted by atomic mass is 9.76. The maximum atomic E-state index is 12.4. The van der Waals surface area contributed by atoms with Gasteiger partial charge in [-0.25, -0.2) is 0 Å². The van der Waals surface area contributed by atoms with Crippen molar-refractivity contribution in [2.75, 3.05) is 4.90 Å². The summed E-state index contributed by atoms with van der Waals surface area (Å²) in [6.07, 6.45) is 4.81. The van der Waals surface area contributed by atoms with Crippen LogP contribution in [0, 0.1) is 5.41 Å². The molecule has 1 saturated heterocycles. The Morgan fingerprint density at radius 2 is 1.48 bits per heavy atom. The Balaban J connectivity index is 1.93. The number of piperidine rings is 1. The quantitative estimate of drug-likeness (QED) is 0.795. The van der Waals surface area contributed by atoms with Crippen LogP contribution < -0.4 is 4.90 Å². The second-order valence-corrected chi connectivity index (χ2v) is 6.76. The number of amides is 2. The van der Waals surface area contributed by atoms with Crippen LogP contribution in [0.2, 0.25) is 10.0 Å². The summed E-state index contributed by atoms with van der Waals surface area (Å²) in [4.78, 5) is 26.0. The van der Waals surface area contributed by atoms with Crippen LogP contribution in [0.4, 0.5) is 5.69 Å². The highest BCUT2D eigenvalue weighted by Crippen LogP contribution is 2.48. The van der Waals surface area contributed by atoms with Crippen molar-refractivity contribution in [2.45, 2.75) is 38.5 Å². The summed E-state index contributed by atoms with van der Waals surface area (Å²) < 4.78 is 0. The van der Waals surface area contributed by atoms with Gasteiger partial charge in [-0.2, -0.15) is 0 Å². The molecule has 2 amide bonds. The van der Waals surface area contributed by atoms with Crippen LogP contribution in [0.1, 0.15) is 38.5 Å². The molecule has 1 aliphatic heterocycles. The number of nitrogens with zero attached hydrogens (tertiary/aromatic N) is 1. The zero-order valence-electron chi connectivity index (χ0n) is 11.4. The second kappa shape index (κ2) is 5.18. The first kappa shape index (κ1) is 14.7. The number of halogens is 2. The van der Waals surface area contributed by atoms with Gasteiger partial charge in [0.15, 0.2) is 5.75 Å². The largest absolute Gasteiger partial charge is 0.505 e. The van der Waals surface area contributed by atoms with Crippen LogP contribution >= 0.6 is 23.2 Å². The molecule has 0 bridgehead atoms. The van der Waals surface area contributed by atoms with E-state index < -0.39 is 0 Å². The standard InChI is InChI=1S/C15H15Cl2NO3/c16-10-5-9(6-11(17)14(10)21)18-12(19)7-15(8-13(18)20)3-1-2-4-15/h5-6,21H,1-4,7-8H2. The fourth-order valence-corrected chi connectivity index (χ4v) is 3.92. The summed E-state index contributed by atoms with van der Waals surface area (Å²) in [6, 6.07) is 2.79. The average Bonchev–Trinajstić information content (AvgIpc) is 2.82. The third kappa shape index (κ3) is 2.51. The Morgan fingerprint density at radius 3 is 1.95 bits per heavy atom. The zero-order valence-corrected chi connectivity index (χ0v) is 12.9. The van der Waals surface area contributed by atoms with E-state index in [9.17, 15) is 14.7 Å². The molecule has 3 rings (SSSR count). The van der Waals surface area contributed by atoms with Crippen molar-refractivity contribution < 1.29 is 14.7 Å². The van der Waals surface area contributed by atoms with E-state index in [-0.39, 0.29) is 33.0 Å². The highest BCUT2D eigenvalue weighted by Gasteiger charge is 2.45. The number of carbonyl (C=O) groups is 2. The minimum atomic E-state index is -0.244. The van der Waals surface area contributed by atoms with Crippen LogP contribution in [-0.4, -0.2) is 16.9 Å². The second-order valence-electron chi connectivity index (χ2n) is 5.94. The molecule has 1 spiro atoms. The van der Waals surface area contributed by atoms with Crippen molar-refractivity contribution in [3.8, 4) is 5.75 Å². The van der Waals surface area contributed by atoms with E-state index in [0.29, 0.717) is 18.5 Å². The maximum Gasteiger partial charge on any atom is 0.234 e. The molecule has 0 aromatic heterocycles. The van der Waals surface area contributed by atoms with Gasteiger partial charge in [0.2, 0.25) is 11.8 Å². The molecule has 1 N–H and O–H groups in total. The van der Waals surface area contributed by atoms with Crippen molar-refractivity contribution in [3.05, 3.63) is 22.2 Å². The Hall–Kier alpha value is -1.26. The lowest BCUT2D eigenvalue weighted by Gasteiger charge is -2.37. The van der Waals surface area contributed by atoms with Crippen molar-refractivity contribution in [1.82, 2.24) is 0 Å². The van der Waals surface area contributed by atoms with Gasteiger partial charge in [-0.3, -0.25) is 14.5 Å². The van der Waals surface area contributed by atoms with Crippen LogP contribution in [0.15, 0.2) is 12.1 Å². The predicted octanol–water partition coefficient (Wildman–Crippen LogP) is 3.91. The van der Waals surface area contributed by atoms with Crippen molar-refractivity contribution in [2.24, 2.45) is 5.41 Å². The molecule has 112 valence electrons. The summed E-state index contributed by atoms with van der Waals surface area (Å²) >= 11 is 11.7. The van der Waals surface area contributed by atoms with Gasteiger partial charge in [-0.15, -0.1) is 0 Å². The maximum absolute atomic E-state index is 12.4. The summed E-state index contributed by atoms with van der Waals surface area (Å²) in [5.41, 5.74) is 0.181. The first-order valence-electron chi connectivity index (χ1n) is 6.96. The zero-order chi connectivity index (χ0) is 15.2. The molecule has 0 atom stereocenters. The molecule has 1 aromatic rings. The smallest absolute Gasteiger partial charge is 0.234 e. The molecule has 21 heavy (non-hydrogen) atoms. The Kier molecular flexibility index (Phi) is 3.62. The lowest BCUT2D eigenvalue weighted by Crippen LogP contribution is -2.47. The number of benzene rings is 1. The molecule has 2 aliphatic rings. The number of hydrogen-bond acceptors (Lipinski definition) is 3. The highest BCUT2D eigenvalue weighted by atomic mass is 35.5. The van der Waals surface area contributed by atoms with Gasteiger partial charge in [0, 0.05) is 12.8 Å². The number of aromatic hydroxyl groups is 1. The van der Waals surface area contributed by atoms with Crippen molar-refractivity contribution >= 4 is 40.7 Å². The fraction of sp³-hybridized carbons (Fsp3) is 0.467. The molecular weight excluding hydrogens is 313 g/mol. The van der Waals surface area contributed by atoms with Gasteiger partial charge in [0.05, 0.1) is 15.7 Å². The highest BCUT2D eigenvalue weighted by molar-refractivity contribution is 6.38. The first-order chi connectivity index (χ1) is 9.92. The van der Waals surface area contributed by atoms with Gasteiger partial charge >= 0.3 is 0 Å². The van der Waals surface area contributed by atoms with Gasteiger partial charge in [-0.05, 0) is 30.4 Å². The molecule has 1 aliphatic carbocycles. The van der Waals surface area contributed by atoms with E-state index in [1.807, 2.05) is 0 Å². The van der Waals surface area contributed by atoms with E-state index in [1.54, 1.807) is 0 Å². The van der Waals surface area contributed by atoms with E-state index >= 15 is 0 Å². The van der Waals surface area contributed by atoms with Crippen LogP contribution in [0.3, 0.4) is 0 Å². The molecule has 0 unspecified atom stereocenters. The molecule has 4 nitrogen and oxygen atoms in total. The average molecular weight is 328 g/mol. The minimum Gasteiger partial charge on any atom is -0.505 e. The molecule has 1 heterocycles. The number of phenolic OH excluding ortho intramolecular Hbond substituents is 1. The van der Waals surface area contributed by atoms with Crippen LogP contribution in [-0.2, 0) is 9.59 Å². The Morgan fingerprint density at radius 1 is 1.00 bits per heavy atom. The number of rotatable bonds is 1. The number of carbonyl (C=O) groups excluding carboxylic acids is 2. The Labute approximate surface area is 132 Å². The molecule has 6 heteroatoms. The van der Waals surface area contributed by atoms with Crippen LogP contribution in [0.5, 0.6) is 5.75 Å². The molecule has 1 saturated carbocycles. The minimum absolute atomic E-state index is 0.0271. The van der Waals surface area contributed by atoms with Crippen molar-refractivity contribution in [3.63, 3.8) is 0 Å². The molecule has 0 radical (unpaired) electrons. The molecule has 1 aromatic carbocycles. The number of imide groups is 1. The molecule has 2 fully saturated rings. The van der Waals surface area contributed by atoms with Crippen LogP contribution in [0.25, 0.3) is 0 Å². The lowest BCUT2D eigenvalue weighted by molar-refractivity contribution is -0.133. The van der Waals surface area contributed by atoms with Gasteiger partial charge in [0.25, 0.3) is 0 Å². The third-order valence-electron chi connectivity index (χ3n) is 4.48. The monoisotopic (exact) mass is 327 g/mol. The summed E-state index contributed by atoms with van der Waals surface area (Å²) in [5, 5.41) is 9.63. The Bertz CT molecular complexity index is 580. The SMILES string of the molecule is O=C1CC2(CCCC2)CC(=O)N1c1cc(Cl)c(O)c(Cl)c1. The number of hydrogen-bond donors (Lipinski definition) is 1. The number of phenols is 1. The summed E-state index contributed by atoms with van der Waals surface area (Å²) in [5.74, 6) is -0.678.